The molecule has 33 heavy (non-hydrogen) atoms. The zero-order valence-electron chi connectivity index (χ0n) is 19.5. The summed E-state index contributed by atoms with van der Waals surface area (Å²) in [6.45, 7) is 9.96. The average molecular weight is 459 g/mol. The summed E-state index contributed by atoms with van der Waals surface area (Å²) in [7, 11) is 0. The molecule has 0 unspecified atom stereocenters. The Kier molecular flexibility index (Phi) is 9.66. The lowest BCUT2D eigenvalue weighted by atomic mass is 9.96. The molecular weight excluding hydrogens is 426 g/mol. The zero-order valence-corrected chi connectivity index (χ0v) is 19.5. The molecule has 5 nitrogen and oxygen atoms in total. The van der Waals surface area contributed by atoms with Crippen LogP contribution < -0.4 is 9.47 Å². The van der Waals surface area contributed by atoms with Crippen molar-refractivity contribution in [3.63, 3.8) is 0 Å². The molecule has 0 aliphatic carbocycles. The minimum Gasteiger partial charge on any atom is -0.428 e. The van der Waals surface area contributed by atoms with Crippen molar-refractivity contribution in [3.05, 3.63) is 82.7 Å². The van der Waals surface area contributed by atoms with E-state index in [1.54, 1.807) is 31.2 Å². The van der Waals surface area contributed by atoms with Gasteiger partial charge >= 0.3 is 6.01 Å². The lowest BCUT2D eigenvalue weighted by Crippen LogP contribution is -1.98. The maximum absolute atomic E-state index is 14.3. The van der Waals surface area contributed by atoms with Gasteiger partial charge in [0.15, 0.2) is 5.82 Å². The lowest BCUT2D eigenvalue weighted by molar-refractivity contribution is -0.120. The van der Waals surface area contributed by atoms with E-state index in [9.17, 15) is 13.6 Å². The van der Waals surface area contributed by atoms with Gasteiger partial charge in [0, 0.05) is 14.5 Å². The van der Waals surface area contributed by atoms with Gasteiger partial charge in [-0.15, -0.1) is 0 Å². The Morgan fingerprint density at radius 3 is 2.45 bits per heavy atom. The fourth-order valence-corrected chi connectivity index (χ4v) is 3.12. The Morgan fingerprint density at radius 2 is 1.79 bits per heavy atom. The van der Waals surface area contributed by atoms with Crippen LogP contribution in [0.15, 0.2) is 54.4 Å². The lowest BCUT2D eigenvalue weighted by Gasteiger charge is -2.14. The van der Waals surface area contributed by atoms with Crippen LogP contribution in [0.4, 0.5) is 8.78 Å². The van der Waals surface area contributed by atoms with E-state index in [2.05, 4.69) is 9.97 Å². The van der Waals surface area contributed by atoms with Crippen LogP contribution in [0.5, 0.6) is 17.5 Å². The maximum atomic E-state index is 14.3. The highest BCUT2D eigenvalue weighted by Gasteiger charge is 2.13. The molecule has 0 bridgehead atoms. The number of nitrogens with zero attached hydrogens (tertiary/aromatic N) is 2. The third-order valence-electron chi connectivity index (χ3n) is 5.02. The number of allylic oxidation sites excluding steroid dienone is 2. The second kappa shape index (κ2) is 12.4. The normalized spacial score (nSPS) is 11.1. The highest BCUT2D eigenvalue weighted by molar-refractivity contribution is 5.73. The molecule has 0 N–H and O–H groups in total. The molecule has 2 aromatic carbocycles. The number of carbonyl (C=O) groups is 1. The van der Waals surface area contributed by atoms with Gasteiger partial charge in [0.25, 0.3) is 6.47 Å². The van der Waals surface area contributed by atoms with Crippen molar-refractivity contribution < 1.29 is 25.9 Å². The topological polar surface area (TPSA) is 61.3 Å². The smallest absolute Gasteiger partial charge is 0.322 e. The van der Waals surface area contributed by atoms with Crippen molar-refractivity contribution in [2.24, 2.45) is 0 Å². The number of aromatic nitrogens is 2. The quantitative estimate of drug-likeness (QED) is 0.331. The molecular formula is C26H32F2N2O3. The molecule has 0 fully saturated rings. The van der Waals surface area contributed by atoms with Gasteiger partial charge in [-0.05, 0) is 62.4 Å². The number of benzene rings is 2. The second-order valence-electron chi connectivity index (χ2n) is 7.11. The van der Waals surface area contributed by atoms with Gasteiger partial charge in [-0.2, -0.15) is 0 Å². The monoisotopic (exact) mass is 458 g/mol. The summed E-state index contributed by atoms with van der Waals surface area (Å²) < 4.78 is 37.9. The fourth-order valence-electron chi connectivity index (χ4n) is 3.12. The summed E-state index contributed by atoms with van der Waals surface area (Å²) in [4.78, 5) is 18.5. The van der Waals surface area contributed by atoms with Crippen LogP contribution in [-0.4, -0.2) is 16.4 Å². The van der Waals surface area contributed by atoms with Gasteiger partial charge < -0.3 is 9.47 Å². The molecule has 3 rings (SSSR count). The third kappa shape index (κ3) is 6.94. The predicted octanol–water partition coefficient (Wildman–Crippen LogP) is 7.34. The van der Waals surface area contributed by atoms with E-state index in [0.29, 0.717) is 47.5 Å². The van der Waals surface area contributed by atoms with Crippen molar-refractivity contribution in [1.29, 1.82) is 0 Å². The number of hydrogen-bond acceptors (Lipinski definition) is 5. The Morgan fingerprint density at radius 1 is 1.09 bits per heavy atom. The Labute approximate surface area is 196 Å². The number of halogens is 2. The largest absolute Gasteiger partial charge is 0.428 e. The molecule has 178 valence electrons. The van der Waals surface area contributed by atoms with Crippen molar-refractivity contribution in [1.82, 2.24) is 9.97 Å². The summed E-state index contributed by atoms with van der Waals surface area (Å²) in [6.07, 6.45) is 3.19. The molecule has 0 aliphatic rings. The van der Waals surface area contributed by atoms with Crippen LogP contribution in [0, 0.1) is 18.6 Å². The molecule has 0 amide bonds. The first-order valence-electron chi connectivity index (χ1n) is 10.7. The zero-order chi connectivity index (χ0) is 24.4. The van der Waals surface area contributed by atoms with Crippen LogP contribution in [-0.2, 0) is 11.2 Å². The third-order valence-corrected chi connectivity index (χ3v) is 5.02. The first-order valence-corrected chi connectivity index (χ1v) is 10.7. The Hall–Kier alpha value is -3.61. The molecule has 0 spiro atoms. The summed E-state index contributed by atoms with van der Waals surface area (Å²) in [5.74, 6) is -0.121. The predicted molar refractivity (Wildman–Crippen MR) is 129 cm³/mol. The van der Waals surface area contributed by atoms with E-state index < -0.39 is 5.82 Å². The van der Waals surface area contributed by atoms with Crippen LogP contribution in [0.2, 0.25) is 0 Å². The Balaban J connectivity index is 0.00000282. The van der Waals surface area contributed by atoms with E-state index in [1.807, 2.05) is 33.8 Å². The summed E-state index contributed by atoms with van der Waals surface area (Å²) >= 11 is 0. The molecule has 3 aromatic rings. The molecule has 7 heteroatoms. The Bertz CT molecular complexity index is 1120. The van der Waals surface area contributed by atoms with Gasteiger partial charge in [-0.3, -0.25) is 4.79 Å². The van der Waals surface area contributed by atoms with Crippen LogP contribution in [0.3, 0.4) is 0 Å². The number of carbonyl (C=O) groups excluding carboxylic acids is 1. The van der Waals surface area contributed by atoms with Crippen LogP contribution in [0.25, 0.3) is 5.57 Å². The molecule has 0 saturated carbocycles. The number of hydrogen-bond donors (Lipinski definition) is 0. The standard InChI is InChI=1S/C24H22F2N2O3.C2H6.2H2/c1-15(7-8-18-6-4-5-16(2)23(18)26)17(3)21-10-9-20(11-22(21)30-14-29)31-24-27-12-19(25)13-28-24;1-2;;/h4-6,9-14H,7-8H2,1-3H3;1-2H3;2*1H/b17-15+;;;. The average Bonchev–Trinajstić information content (AvgIpc) is 2.82. The summed E-state index contributed by atoms with van der Waals surface area (Å²) in [6, 6.07) is 10.3. The number of rotatable bonds is 8. The first kappa shape index (κ1) is 25.6. The molecule has 0 saturated heterocycles. The van der Waals surface area contributed by atoms with Crippen molar-refractivity contribution in [2.75, 3.05) is 0 Å². The van der Waals surface area contributed by atoms with Crippen molar-refractivity contribution >= 4 is 12.0 Å². The van der Waals surface area contributed by atoms with Gasteiger partial charge in [0.2, 0.25) is 0 Å². The van der Waals surface area contributed by atoms with Gasteiger partial charge in [0.05, 0.1) is 12.4 Å². The number of ether oxygens (including phenoxy) is 2. The molecule has 0 aliphatic heterocycles. The minimum atomic E-state index is -0.575. The first-order chi connectivity index (χ1) is 15.9. The van der Waals surface area contributed by atoms with Gasteiger partial charge in [0.1, 0.15) is 17.3 Å². The highest BCUT2D eigenvalue weighted by atomic mass is 19.1. The summed E-state index contributed by atoms with van der Waals surface area (Å²) in [5.41, 5.74) is 3.95. The minimum absolute atomic E-state index is 0. The van der Waals surface area contributed by atoms with E-state index in [0.717, 1.165) is 23.5 Å². The van der Waals surface area contributed by atoms with E-state index in [1.165, 1.54) is 6.07 Å². The van der Waals surface area contributed by atoms with Gasteiger partial charge in [-0.25, -0.2) is 18.7 Å². The molecule has 0 atom stereocenters. The second-order valence-corrected chi connectivity index (χ2v) is 7.11. The van der Waals surface area contributed by atoms with Crippen molar-refractivity contribution in [3.8, 4) is 17.5 Å². The van der Waals surface area contributed by atoms with Crippen LogP contribution >= 0.6 is 0 Å². The number of aryl methyl sites for hydroxylation is 2. The SMILES string of the molecule is C/C(CCc1cccc(C)c1F)=C(/C)c1ccc(Oc2ncc(F)cn2)cc1OC=O.CC.[HH].[HH]. The molecule has 0 radical (unpaired) electrons. The summed E-state index contributed by atoms with van der Waals surface area (Å²) in [5, 5.41) is 0. The highest BCUT2D eigenvalue weighted by Crippen LogP contribution is 2.34. The molecule has 1 heterocycles. The van der Waals surface area contributed by atoms with E-state index in [-0.39, 0.29) is 14.7 Å². The van der Waals surface area contributed by atoms with Crippen LogP contribution in [0.1, 0.15) is 53.7 Å². The van der Waals surface area contributed by atoms with Gasteiger partial charge in [-0.1, -0.05) is 37.6 Å². The maximum Gasteiger partial charge on any atom is 0.322 e. The van der Waals surface area contributed by atoms with E-state index >= 15 is 0 Å². The van der Waals surface area contributed by atoms with Crippen molar-refractivity contribution in [2.45, 2.75) is 47.5 Å². The molecule has 1 aromatic heterocycles. The van der Waals surface area contributed by atoms with E-state index in [4.69, 9.17) is 9.47 Å². The fraction of sp³-hybridized carbons (Fsp3) is 0.269.